The second-order valence-electron chi connectivity index (χ2n) is 7.34. The molecule has 150 valence electrons. The zero-order valence-electron chi connectivity index (χ0n) is 16.6. The first kappa shape index (κ1) is 19.5. The molecule has 0 saturated heterocycles. The molecular formula is C23H24N2O3S. The van der Waals surface area contributed by atoms with E-state index in [1.807, 2.05) is 42.5 Å². The van der Waals surface area contributed by atoms with Crippen LogP contribution in [-0.2, 0) is 4.79 Å². The second-order valence-corrected chi connectivity index (χ2v) is 8.40. The maximum atomic E-state index is 12.6. The Morgan fingerprint density at radius 3 is 2.72 bits per heavy atom. The fraction of sp³-hybridized carbons (Fsp3) is 0.304. The summed E-state index contributed by atoms with van der Waals surface area (Å²) in [4.78, 5) is 17.1. The second kappa shape index (κ2) is 8.66. The molecular weight excluding hydrogens is 384 g/mol. The van der Waals surface area contributed by atoms with Crippen LogP contribution in [0.5, 0.6) is 11.5 Å². The lowest BCUT2D eigenvalue weighted by Crippen LogP contribution is -2.30. The normalized spacial score (nSPS) is 14.9. The molecule has 3 aromatic rings. The molecule has 1 aromatic heterocycles. The molecule has 0 aliphatic carbocycles. The Kier molecular flexibility index (Phi) is 5.81. The lowest BCUT2D eigenvalue weighted by atomic mass is 9.95. The highest BCUT2D eigenvalue weighted by atomic mass is 32.1. The lowest BCUT2D eigenvalue weighted by Gasteiger charge is -2.23. The summed E-state index contributed by atoms with van der Waals surface area (Å²) >= 11 is 1.57. The number of carbonyl (C=O) groups excluding carboxylic acids is 1. The number of fused-ring (bicyclic) bond motifs is 2. The molecule has 1 N–H and O–H groups in total. The number of rotatable bonds is 5. The fourth-order valence-corrected chi connectivity index (χ4v) is 4.19. The number of nitrogens with one attached hydrogen (secondary N) is 1. The van der Waals surface area contributed by atoms with E-state index in [9.17, 15) is 4.79 Å². The maximum absolute atomic E-state index is 12.6. The van der Waals surface area contributed by atoms with Gasteiger partial charge in [0.1, 0.15) is 5.01 Å². The van der Waals surface area contributed by atoms with Crippen molar-refractivity contribution in [3.05, 3.63) is 59.1 Å². The Hall–Kier alpha value is -2.86. The van der Waals surface area contributed by atoms with Gasteiger partial charge in [0, 0.05) is 12.5 Å². The number of thiazole rings is 1. The van der Waals surface area contributed by atoms with Crippen molar-refractivity contribution in [3.8, 4) is 11.5 Å². The Morgan fingerprint density at radius 1 is 1.14 bits per heavy atom. The van der Waals surface area contributed by atoms with Crippen LogP contribution in [0.15, 0.2) is 48.5 Å². The molecule has 0 radical (unpaired) electrons. The zero-order valence-corrected chi connectivity index (χ0v) is 17.4. The van der Waals surface area contributed by atoms with Gasteiger partial charge in [-0.3, -0.25) is 4.79 Å². The number of para-hydroxylation sites is 1. The molecule has 1 unspecified atom stereocenters. The third-order valence-electron chi connectivity index (χ3n) is 4.78. The molecule has 1 aliphatic heterocycles. The summed E-state index contributed by atoms with van der Waals surface area (Å²) in [6.07, 6.45) is 4.19. The lowest BCUT2D eigenvalue weighted by molar-refractivity contribution is -0.117. The summed E-state index contributed by atoms with van der Waals surface area (Å²) in [5, 5.41) is 3.93. The SMILES string of the molecule is CC(C)C(NC(=O)/C=C/c1nc2ccccc2s1)c1ccc2c(c1)OCCCO2. The van der Waals surface area contributed by atoms with Crippen LogP contribution in [0.25, 0.3) is 16.3 Å². The molecule has 0 bridgehead atoms. The maximum Gasteiger partial charge on any atom is 0.244 e. The highest BCUT2D eigenvalue weighted by Gasteiger charge is 2.20. The first-order valence-electron chi connectivity index (χ1n) is 9.84. The van der Waals surface area contributed by atoms with Crippen molar-refractivity contribution in [2.45, 2.75) is 26.3 Å². The van der Waals surface area contributed by atoms with Gasteiger partial charge in [0.05, 0.1) is 29.5 Å². The van der Waals surface area contributed by atoms with Gasteiger partial charge in [-0.15, -0.1) is 11.3 Å². The number of benzene rings is 2. The van der Waals surface area contributed by atoms with E-state index < -0.39 is 0 Å². The van der Waals surface area contributed by atoms with Gasteiger partial charge in [-0.25, -0.2) is 4.98 Å². The van der Waals surface area contributed by atoms with Gasteiger partial charge in [-0.05, 0) is 41.8 Å². The van der Waals surface area contributed by atoms with Gasteiger partial charge in [-0.2, -0.15) is 0 Å². The largest absolute Gasteiger partial charge is 0.490 e. The van der Waals surface area contributed by atoms with E-state index in [2.05, 4.69) is 24.1 Å². The van der Waals surface area contributed by atoms with Gasteiger partial charge in [0.2, 0.25) is 5.91 Å². The third-order valence-corrected chi connectivity index (χ3v) is 5.78. The number of ether oxygens (including phenoxy) is 2. The fourth-order valence-electron chi connectivity index (χ4n) is 3.32. The van der Waals surface area contributed by atoms with Gasteiger partial charge >= 0.3 is 0 Å². The van der Waals surface area contributed by atoms with Crippen molar-refractivity contribution in [1.29, 1.82) is 0 Å². The first-order chi connectivity index (χ1) is 14.1. The van der Waals surface area contributed by atoms with Gasteiger partial charge < -0.3 is 14.8 Å². The number of aromatic nitrogens is 1. The zero-order chi connectivity index (χ0) is 20.2. The Morgan fingerprint density at radius 2 is 1.93 bits per heavy atom. The number of amides is 1. The van der Waals surface area contributed by atoms with Gasteiger partial charge in [-0.1, -0.05) is 32.0 Å². The van der Waals surface area contributed by atoms with E-state index in [-0.39, 0.29) is 17.9 Å². The molecule has 0 spiro atoms. The van der Waals surface area contributed by atoms with Crippen molar-refractivity contribution in [3.63, 3.8) is 0 Å². The molecule has 1 aliphatic rings. The van der Waals surface area contributed by atoms with Crippen LogP contribution in [0, 0.1) is 5.92 Å². The summed E-state index contributed by atoms with van der Waals surface area (Å²) in [5.41, 5.74) is 1.95. The van der Waals surface area contributed by atoms with Crippen LogP contribution >= 0.6 is 11.3 Å². The molecule has 2 aromatic carbocycles. The smallest absolute Gasteiger partial charge is 0.244 e. The molecule has 2 heterocycles. The van der Waals surface area contributed by atoms with E-state index >= 15 is 0 Å². The molecule has 4 rings (SSSR count). The van der Waals surface area contributed by atoms with E-state index in [0.29, 0.717) is 13.2 Å². The number of carbonyl (C=O) groups is 1. The van der Waals surface area contributed by atoms with Crippen LogP contribution in [-0.4, -0.2) is 24.1 Å². The monoisotopic (exact) mass is 408 g/mol. The van der Waals surface area contributed by atoms with Crippen LogP contribution in [0.3, 0.4) is 0 Å². The number of nitrogens with zero attached hydrogens (tertiary/aromatic N) is 1. The summed E-state index contributed by atoms with van der Waals surface area (Å²) in [6.45, 7) is 5.48. The van der Waals surface area contributed by atoms with Crippen molar-refractivity contribution < 1.29 is 14.3 Å². The topological polar surface area (TPSA) is 60.5 Å². The van der Waals surface area contributed by atoms with E-state index in [1.165, 1.54) is 0 Å². The van der Waals surface area contributed by atoms with Crippen LogP contribution in [0.4, 0.5) is 0 Å². The summed E-state index contributed by atoms with van der Waals surface area (Å²) in [5.74, 6) is 1.58. The highest BCUT2D eigenvalue weighted by Crippen LogP contribution is 2.34. The number of hydrogen-bond donors (Lipinski definition) is 1. The predicted molar refractivity (Wildman–Crippen MR) is 116 cm³/mol. The average Bonchev–Trinajstić information content (AvgIpc) is 2.99. The molecule has 0 fully saturated rings. The minimum Gasteiger partial charge on any atom is -0.490 e. The van der Waals surface area contributed by atoms with E-state index in [0.717, 1.165) is 38.7 Å². The van der Waals surface area contributed by atoms with Crippen LogP contribution < -0.4 is 14.8 Å². The summed E-state index contributed by atoms with van der Waals surface area (Å²) in [7, 11) is 0. The quantitative estimate of drug-likeness (QED) is 0.605. The predicted octanol–water partition coefficient (Wildman–Crippen LogP) is 4.98. The molecule has 1 atom stereocenters. The summed E-state index contributed by atoms with van der Waals surface area (Å²) < 4.78 is 12.6. The standard InChI is InChI=1S/C23H24N2O3S/c1-15(2)23(16-8-9-18-19(14-16)28-13-5-12-27-18)25-21(26)10-11-22-24-17-6-3-4-7-20(17)29-22/h3-4,6-11,14-15,23H,5,12-13H2,1-2H3,(H,25,26)/b11-10+. The van der Waals surface area contributed by atoms with E-state index in [1.54, 1.807) is 23.5 Å². The highest BCUT2D eigenvalue weighted by molar-refractivity contribution is 7.19. The van der Waals surface area contributed by atoms with E-state index in [4.69, 9.17) is 9.47 Å². The summed E-state index contributed by atoms with van der Waals surface area (Å²) in [6, 6.07) is 13.7. The molecule has 6 heteroatoms. The minimum absolute atomic E-state index is 0.125. The molecule has 5 nitrogen and oxygen atoms in total. The minimum atomic E-state index is -0.143. The van der Waals surface area contributed by atoms with Crippen LogP contribution in [0.2, 0.25) is 0 Å². The van der Waals surface area contributed by atoms with Gasteiger partial charge in [0.15, 0.2) is 11.5 Å². The molecule has 0 saturated carbocycles. The average molecular weight is 409 g/mol. The third kappa shape index (κ3) is 4.59. The van der Waals surface area contributed by atoms with Crippen molar-refractivity contribution in [2.75, 3.05) is 13.2 Å². The van der Waals surface area contributed by atoms with Crippen molar-refractivity contribution in [1.82, 2.24) is 10.3 Å². The van der Waals surface area contributed by atoms with Crippen molar-refractivity contribution >= 4 is 33.5 Å². The Bertz CT molecular complexity index is 1010. The Labute approximate surface area is 174 Å². The van der Waals surface area contributed by atoms with Crippen LogP contribution in [0.1, 0.15) is 36.9 Å². The molecule has 29 heavy (non-hydrogen) atoms. The Balaban J connectivity index is 1.49. The number of hydrogen-bond acceptors (Lipinski definition) is 5. The molecule has 1 amide bonds. The first-order valence-corrected chi connectivity index (χ1v) is 10.7. The van der Waals surface area contributed by atoms with Gasteiger partial charge in [0.25, 0.3) is 0 Å². The van der Waals surface area contributed by atoms with Crippen molar-refractivity contribution in [2.24, 2.45) is 5.92 Å².